The second-order valence-corrected chi connectivity index (χ2v) is 4.16. The molecular weight excluding hydrogens is 234 g/mol. The average Bonchev–Trinajstić information content (AvgIpc) is 2.49. The van der Waals surface area contributed by atoms with Gasteiger partial charge in [0.15, 0.2) is 0 Å². The minimum absolute atomic E-state index is 0.962. The van der Waals surface area contributed by atoms with Gasteiger partial charge in [-0.2, -0.15) is 5.10 Å². The monoisotopic (exact) mass is 247 g/mol. The lowest BCUT2D eigenvalue weighted by Gasteiger charge is -2.01. The lowest BCUT2D eigenvalue weighted by molar-refractivity contribution is 1.35. The van der Waals surface area contributed by atoms with Crippen LogP contribution < -0.4 is 5.43 Å². The van der Waals surface area contributed by atoms with Gasteiger partial charge in [0.1, 0.15) is 0 Å². The molecule has 3 rings (SSSR count). The maximum atomic E-state index is 4.39. The third-order valence-electron chi connectivity index (χ3n) is 2.83. The van der Waals surface area contributed by atoms with Gasteiger partial charge < -0.3 is 0 Å². The summed E-state index contributed by atoms with van der Waals surface area (Å²) in [5.41, 5.74) is 5.93. The molecule has 92 valence electrons. The Hall–Kier alpha value is -2.68. The Bertz CT molecular complexity index is 700. The van der Waals surface area contributed by atoms with Crippen LogP contribution in [0.1, 0.15) is 5.56 Å². The Kier molecular flexibility index (Phi) is 3.19. The molecular formula is C16H13N3. The van der Waals surface area contributed by atoms with Gasteiger partial charge in [0.2, 0.25) is 0 Å². The fourth-order valence-corrected chi connectivity index (χ4v) is 1.92. The predicted molar refractivity (Wildman–Crippen MR) is 79.4 cm³/mol. The van der Waals surface area contributed by atoms with Crippen molar-refractivity contribution in [3.8, 4) is 0 Å². The summed E-state index contributed by atoms with van der Waals surface area (Å²) in [6.45, 7) is 0. The number of nitrogens with one attached hydrogen (secondary N) is 1. The van der Waals surface area contributed by atoms with Crippen LogP contribution in [0.25, 0.3) is 10.9 Å². The van der Waals surface area contributed by atoms with Crippen LogP contribution >= 0.6 is 0 Å². The normalized spacial score (nSPS) is 10.9. The smallest absolute Gasteiger partial charge is 0.0790 e. The van der Waals surface area contributed by atoms with Crippen molar-refractivity contribution in [2.45, 2.75) is 0 Å². The molecule has 0 unspecified atom stereocenters. The number of hydrogen-bond acceptors (Lipinski definition) is 3. The predicted octanol–water partition coefficient (Wildman–Crippen LogP) is 3.68. The van der Waals surface area contributed by atoms with Gasteiger partial charge in [0.25, 0.3) is 0 Å². The zero-order valence-corrected chi connectivity index (χ0v) is 10.3. The van der Waals surface area contributed by atoms with E-state index in [1.165, 1.54) is 0 Å². The van der Waals surface area contributed by atoms with Crippen LogP contribution in [0.4, 0.5) is 5.69 Å². The molecule has 3 nitrogen and oxygen atoms in total. The Morgan fingerprint density at radius 1 is 0.895 bits per heavy atom. The quantitative estimate of drug-likeness (QED) is 0.566. The van der Waals surface area contributed by atoms with Gasteiger partial charge in [-0.15, -0.1) is 0 Å². The van der Waals surface area contributed by atoms with Crippen LogP contribution in [0, 0.1) is 0 Å². The summed E-state index contributed by atoms with van der Waals surface area (Å²) < 4.78 is 0. The van der Waals surface area contributed by atoms with E-state index in [0.717, 1.165) is 22.2 Å². The Balaban J connectivity index is 1.85. The number of fused-ring (bicyclic) bond motifs is 1. The van der Waals surface area contributed by atoms with Crippen molar-refractivity contribution >= 4 is 22.8 Å². The standard InChI is InChI=1S/C16H13N3/c1-2-9-15(10-3-1)19-18-12-14-7-4-6-13-8-5-11-17-16(13)14/h1-12,19H. The first-order valence-corrected chi connectivity index (χ1v) is 6.11. The zero-order valence-electron chi connectivity index (χ0n) is 10.3. The maximum absolute atomic E-state index is 4.39. The molecule has 0 saturated heterocycles. The molecule has 0 aliphatic heterocycles. The minimum Gasteiger partial charge on any atom is -0.279 e. The van der Waals surface area contributed by atoms with Crippen LogP contribution in [-0.4, -0.2) is 11.2 Å². The summed E-state index contributed by atoms with van der Waals surface area (Å²) >= 11 is 0. The summed E-state index contributed by atoms with van der Waals surface area (Å²) in [5, 5.41) is 5.36. The molecule has 3 heteroatoms. The number of para-hydroxylation sites is 2. The van der Waals surface area contributed by atoms with E-state index in [1.54, 1.807) is 12.4 Å². The van der Waals surface area contributed by atoms with Gasteiger partial charge in [-0.25, -0.2) is 0 Å². The van der Waals surface area contributed by atoms with E-state index in [2.05, 4.69) is 15.5 Å². The van der Waals surface area contributed by atoms with Gasteiger partial charge in [0.05, 0.1) is 17.4 Å². The molecule has 2 aromatic carbocycles. The van der Waals surface area contributed by atoms with Gasteiger partial charge in [-0.05, 0) is 18.2 Å². The molecule has 1 aromatic heterocycles. The first kappa shape index (κ1) is 11.4. The third kappa shape index (κ3) is 2.60. The van der Waals surface area contributed by atoms with Crippen molar-refractivity contribution in [2.24, 2.45) is 5.10 Å². The van der Waals surface area contributed by atoms with Crippen LogP contribution in [0.15, 0.2) is 72.0 Å². The molecule has 0 aliphatic rings. The molecule has 0 bridgehead atoms. The van der Waals surface area contributed by atoms with E-state index in [1.807, 2.05) is 60.7 Å². The van der Waals surface area contributed by atoms with Crippen molar-refractivity contribution < 1.29 is 0 Å². The summed E-state index contributed by atoms with van der Waals surface area (Å²) in [7, 11) is 0. The van der Waals surface area contributed by atoms with Crippen LogP contribution in [0.5, 0.6) is 0 Å². The lowest BCUT2D eigenvalue weighted by Crippen LogP contribution is -1.92. The first-order valence-electron chi connectivity index (χ1n) is 6.11. The van der Waals surface area contributed by atoms with E-state index in [-0.39, 0.29) is 0 Å². The van der Waals surface area contributed by atoms with Gasteiger partial charge in [-0.1, -0.05) is 42.5 Å². The first-order chi connectivity index (χ1) is 9.43. The number of pyridine rings is 1. The minimum atomic E-state index is 0.962. The van der Waals surface area contributed by atoms with Crippen molar-refractivity contribution in [2.75, 3.05) is 5.43 Å². The van der Waals surface area contributed by atoms with Crippen LogP contribution in [0.2, 0.25) is 0 Å². The number of benzene rings is 2. The van der Waals surface area contributed by atoms with Gasteiger partial charge in [-0.3, -0.25) is 10.4 Å². The number of nitrogens with zero attached hydrogens (tertiary/aromatic N) is 2. The molecule has 1 heterocycles. The maximum Gasteiger partial charge on any atom is 0.0790 e. The Labute approximate surface area is 111 Å². The molecule has 1 N–H and O–H groups in total. The van der Waals surface area contributed by atoms with E-state index < -0.39 is 0 Å². The second-order valence-electron chi connectivity index (χ2n) is 4.16. The fraction of sp³-hybridized carbons (Fsp3) is 0. The number of aromatic nitrogens is 1. The summed E-state index contributed by atoms with van der Waals surface area (Å²) in [6.07, 6.45) is 3.59. The molecule has 0 aliphatic carbocycles. The Morgan fingerprint density at radius 2 is 1.74 bits per heavy atom. The van der Waals surface area contributed by atoms with Crippen molar-refractivity contribution in [1.82, 2.24) is 4.98 Å². The third-order valence-corrected chi connectivity index (χ3v) is 2.83. The van der Waals surface area contributed by atoms with E-state index in [0.29, 0.717) is 0 Å². The van der Waals surface area contributed by atoms with Crippen molar-refractivity contribution in [3.63, 3.8) is 0 Å². The average molecular weight is 247 g/mol. The number of rotatable bonds is 3. The molecule has 3 aromatic rings. The summed E-state index contributed by atoms with van der Waals surface area (Å²) in [6, 6.07) is 19.9. The highest BCUT2D eigenvalue weighted by molar-refractivity contribution is 5.97. The molecule has 0 amide bonds. The topological polar surface area (TPSA) is 37.3 Å². The number of anilines is 1. The highest BCUT2D eigenvalue weighted by Gasteiger charge is 1.98. The number of hydrazone groups is 1. The van der Waals surface area contributed by atoms with Gasteiger partial charge >= 0.3 is 0 Å². The van der Waals surface area contributed by atoms with Crippen LogP contribution in [0.3, 0.4) is 0 Å². The summed E-state index contributed by atoms with van der Waals surface area (Å²) in [5.74, 6) is 0. The summed E-state index contributed by atoms with van der Waals surface area (Å²) in [4.78, 5) is 4.39. The van der Waals surface area contributed by atoms with Gasteiger partial charge in [0, 0.05) is 17.1 Å². The molecule has 0 fully saturated rings. The largest absolute Gasteiger partial charge is 0.279 e. The van der Waals surface area contributed by atoms with E-state index >= 15 is 0 Å². The zero-order chi connectivity index (χ0) is 12.9. The van der Waals surface area contributed by atoms with E-state index in [9.17, 15) is 0 Å². The SMILES string of the molecule is C(=NNc1ccccc1)c1cccc2cccnc12. The van der Waals surface area contributed by atoms with Crippen molar-refractivity contribution in [3.05, 3.63) is 72.4 Å². The van der Waals surface area contributed by atoms with Crippen molar-refractivity contribution in [1.29, 1.82) is 0 Å². The number of hydrogen-bond donors (Lipinski definition) is 1. The van der Waals surface area contributed by atoms with E-state index in [4.69, 9.17) is 0 Å². The molecule has 0 radical (unpaired) electrons. The highest BCUT2D eigenvalue weighted by Crippen LogP contribution is 2.14. The Morgan fingerprint density at radius 3 is 2.63 bits per heavy atom. The molecule has 0 saturated carbocycles. The molecule has 0 spiro atoms. The molecule has 0 atom stereocenters. The second kappa shape index (κ2) is 5.31. The fourth-order valence-electron chi connectivity index (χ4n) is 1.92. The lowest BCUT2D eigenvalue weighted by atomic mass is 10.1. The van der Waals surface area contributed by atoms with Crippen LogP contribution in [-0.2, 0) is 0 Å². The molecule has 19 heavy (non-hydrogen) atoms. The highest BCUT2D eigenvalue weighted by atomic mass is 15.3.